The molecule has 0 spiro atoms. The summed E-state index contributed by atoms with van der Waals surface area (Å²) in [5, 5.41) is 11.0. The molecule has 0 aliphatic carbocycles. The Kier molecular flexibility index (Phi) is 3.91. The van der Waals surface area contributed by atoms with Crippen LogP contribution in [-0.2, 0) is 0 Å². The summed E-state index contributed by atoms with van der Waals surface area (Å²) in [7, 11) is 0. The lowest BCUT2D eigenvalue weighted by molar-refractivity contribution is 0.408. The van der Waals surface area contributed by atoms with E-state index in [1.54, 1.807) is 0 Å². The van der Waals surface area contributed by atoms with Gasteiger partial charge >= 0.3 is 0 Å². The smallest absolute Gasteiger partial charge is 0.198 e. The summed E-state index contributed by atoms with van der Waals surface area (Å²) < 4.78 is 10.2. The average Bonchev–Trinajstić information content (AvgIpc) is 3.17. The minimum absolute atomic E-state index is 0.298. The van der Waals surface area contributed by atoms with Crippen molar-refractivity contribution in [1.29, 1.82) is 5.26 Å². The van der Waals surface area contributed by atoms with E-state index in [4.69, 9.17) is 16.0 Å². The van der Waals surface area contributed by atoms with E-state index in [-0.39, 0.29) is 0 Å². The summed E-state index contributed by atoms with van der Waals surface area (Å²) in [4.78, 5) is 6.85. The van der Waals surface area contributed by atoms with E-state index in [1.165, 1.54) is 11.5 Å². The number of nitrogens with zero attached hydrogens (tertiary/aromatic N) is 4. The maximum atomic E-state index is 9.31. The first-order valence-electron chi connectivity index (χ1n) is 7.83. The van der Waals surface area contributed by atoms with Gasteiger partial charge in [-0.1, -0.05) is 11.6 Å². The van der Waals surface area contributed by atoms with Gasteiger partial charge < -0.3 is 9.32 Å². The molecule has 122 valence electrons. The molecular weight excluding hydrogens is 344 g/mol. The fourth-order valence-corrected chi connectivity index (χ4v) is 4.19. The predicted molar refractivity (Wildman–Crippen MR) is 94.8 cm³/mol. The van der Waals surface area contributed by atoms with Gasteiger partial charge in [0.25, 0.3) is 0 Å². The van der Waals surface area contributed by atoms with Crippen molar-refractivity contribution in [1.82, 2.24) is 9.36 Å². The Morgan fingerprint density at radius 2 is 2.17 bits per heavy atom. The van der Waals surface area contributed by atoms with Crippen molar-refractivity contribution in [2.45, 2.75) is 25.7 Å². The SMILES string of the molecule is Cc1nsc(N2CCC(c3nc4cc(Cl)ccc4o3)CC2)c1C#N. The highest BCUT2D eigenvalue weighted by atomic mass is 35.5. The molecule has 1 saturated heterocycles. The van der Waals surface area contributed by atoms with Gasteiger partial charge in [0.1, 0.15) is 22.2 Å². The third-order valence-electron chi connectivity index (χ3n) is 4.45. The lowest BCUT2D eigenvalue weighted by Crippen LogP contribution is -2.32. The monoisotopic (exact) mass is 358 g/mol. The number of anilines is 1. The van der Waals surface area contributed by atoms with E-state index < -0.39 is 0 Å². The summed E-state index contributed by atoms with van der Waals surface area (Å²) in [5.74, 6) is 1.08. The molecule has 1 aliphatic heterocycles. The van der Waals surface area contributed by atoms with E-state index in [9.17, 15) is 5.26 Å². The van der Waals surface area contributed by atoms with Crippen molar-refractivity contribution in [2.24, 2.45) is 0 Å². The maximum Gasteiger partial charge on any atom is 0.198 e. The minimum atomic E-state index is 0.298. The Morgan fingerprint density at radius 1 is 1.38 bits per heavy atom. The summed E-state index contributed by atoms with van der Waals surface area (Å²) >= 11 is 7.42. The summed E-state index contributed by atoms with van der Waals surface area (Å²) in [6, 6.07) is 7.78. The number of halogens is 1. The number of fused-ring (bicyclic) bond motifs is 1. The van der Waals surface area contributed by atoms with Gasteiger partial charge in [-0.25, -0.2) is 4.98 Å². The molecule has 24 heavy (non-hydrogen) atoms. The fraction of sp³-hybridized carbons (Fsp3) is 0.353. The molecule has 0 radical (unpaired) electrons. The van der Waals surface area contributed by atoms with Gasteiger partial charge in [0.15, 0.2) is 11.5 Å². The maximum absolute atomic E-state index is 9.31. The molecule has 1 fully saturated rings. The van der Waals surface area contributed by atoms with Gasteiger partial charge in [0.2, 0.25) is 0 Å². The Hall–Kier alpha value is -2.10. The van der Waals surface area contributed by atoms with Crippen LogP contribution in [-0.4, -0.2) is 22.4 Å². The number of piperidine rings is 1. The Balaban J connectivity index is 1.52. The van der Waals surface area contributed by atoms with Gasteiger partial charge in [-0.2, -0.15) is 9.64 Å². The molecule has 2 aromatic heterocycles. The highest BCUT2D eigenvalue weighted by molar-refractivity contribution is 7.10. The average molecular weight is 359 g/mol. The highest BCUT2D eigenvalue weighted by Crippen LogP contribution is 2.35. The Labute approximate surface area is 148 Å². The zero-order valence-electron chi connectivity index (χ0n) is 13.1. The van der Waals surface area contributed by atoms with E-state index in [0.717, 1.165) is 53.6 Å². The van der Waals surface area contributed by atoms with E-state index >= 15 is 0 Å². The molecule has 0 N–H and O–H groups in total. The van der Waals surface area contributed by atoms with E-state index in [1.807, 2.05) is 25.1 Å². The number of aromatic nitrogens is 2. The summed E-state index contributed by atoms with van der Waals surface area (Å²) in [6.45, 7) is 3.63. The van der Waals surface area contributed by atoms with Crippen LogP contribution in [0, 0.1) is 18.3 Å². The van der Waals surface area contributed by atoms with Gasteiger partial charge in [0.05, 0.1) is 5.69 Å². The van der Waals surface area contributed by atoms with Crippen LogP contribution in [0.5, 0.6) is 0 Å². The molecule has 0 bridgehead atoms. The van der Waals surface area contributed by atoms with Crippen molar-refractivity contribution in [3.63, 3.8) is 0 Å². The zero-order chi connectivity index (χ0) is 16.7. The first-order chi connectivity index (χ1) is 11.7. The molecule has 5 nitrogen and oxygen atoms in total. The third kappa shape index (κ3) is 2.64. The molecule has 0 saturated carbocycles. The molecule has 1 aromatic carbocycles. The molecular formula is C17H15ClN4OS. The van der Waals surface area contributed by atoms with Crippen molar-refractivity contribution >= 4 is 39.2 Å². The minimum Gasteiger partial charge on any atom is -0.440 e. The van der Waals surface area contributed by atoms with Crippen LogP contribution >= 0.6 is 23.1 Å². The van der Waals surface area contributed by atoms with Crippen molar-refractivity contribution in [3.8, 4) is 6.07 Å². The standard InChI is InChI=1S/C17H15ClN4OS/c1-10-13(9-19)17(24-21-10)22-6-4-11(5-7-22)16-20-14-8-12(18)2-3-15(14)23-16/h2-3,8,11H,4-7H2,1H3. The second-order valence-corrected chi connectivity index (χ2v) is 7.17. The summed E-state index contributed by atoms with van der Waals surface area (Å²) in [6.07, 6.45) is 1.89. The Morgan fingerprint density at radius 3 is 2.92 bits per heavy atom. The van der Waals surface area contributed by atoms with E-state index in [2.05, 4.69) is 20.3 Å². The van der Waals surface area contributed by atoms with Crippen LogP contribution < -0.4 is 4.90 Å². The normalized spacial score (nSPS) is 15.8. The highest BCUT2D eigenvalue weighted by Gasteiger charge is 2.27. The molecule has 0 unspecified atom stereocenters. The Bertz CT molecular complexity index is 934. The largest absolute Gasteiger partial charge is 0.440 e. The summed E-state index contributed by atoms with van der Waals surface area (Å²) in [5.41, 5.74) is 3.11. The topological polar surface area (TPSA) is 66.0 Å². The fourth-order valence-electron chi connectivity index (χ4n) is 3.12. The number of hydrogen-bond acceptors (Lipinski definition) is 6. The molecule has 3 aromatic rings. The predicted octanol–water partition coefficient (Wildman–Crippen LogP) is 4.50. The lowest BCUT2D eigenvalue weighted by atomic mass is 9.97. The van der Waals surface area contributed by atoms with Crippen LogP contribution in [0.3, 0.4) is 0 Å². The van der Waals surface area contributed by atoms with Crippen molar-refractivity contribution in [2.75, 3.05) is 18.0 Å². The molecule has 1 aliphatic rings. The van der Waals surface area contributed by atoms with Crippen LogP contribution in [0.1, 0.15) is 35.9 Å². The zero-order valence-corrected chi connectivity index (χ0v) is 14.7. The second-order valence-electron chi connectivity index (χ2n) is 5.99. The van der Waals surface area contributed by atoms with Crippen LogP contribution in [0.2, 0.25) is 5.02 Å². The van der Waals surface area contributed by atoms with Crippen LogP contribution in [0.25, 0.3) is 11.1 Å². The number of benzene rings is 1. The van der Waals surface area contributed by atoms with Gasteiger partial charge in [-0.05, 0) is 49.5 Å². The first-order valence-corrected chi connectivity index (χ1v) is 8.98. The number of hydrogen-bond donors (Lipinski definition) is 0. The van der Waals surface area contributed by atoms with Crippen molar-refractivity contribution < 1.29 is 4.42 Å². The molecule has 0 atom stereocenters. The quantitative estimate of drug-likeness (QED) is 0.674. The number of oxazole rings is 1. The molecule has 0 amide bonds. The van der Waals surface area contributed by atoms with Crippen LogP contribution in [0.4, 0.5) is 5.00 Å². The van der Waals surface area contributed by atoms with Crippen LogP contribution in [0.15, 0.2) is 22.6 Å². The first kappa shape index (κ1) is 15.4. The molecule has 3 heterocycles. The number of nitriles is 1. The molecule has 7 heteroatoms. The lowest BCUT2D eigenvalue weighted by Gasteiger charge is -2.31. The third-order valence-corrected chi connectivity index (χ3v) is 5.69. The van der Waals surface area contributed by atoms with Gasteiger partial charge in [-0.3, -0.25) is 0 Å². The molecule has 4 rings (SSSR count). The second kappa shape index (κ2) is 6.08. The number of aryl methyl sites for hydroxylation is 1. The van der Waals surface area contributed by atoms with Crippen molar-refractivity contribution in [3.05, 3.63) is 40.4 Å². The van der Waals surface area contributed by atoms with Gasteiger partial charge in [0, 0.05) is 24.0 Å². The van der Waals surface area contributed by atoms with Gasteiger partial charge in [-0.15, -0.1) is 0 Å². The van der Waals surface area contributed by atoms with E-state index in [0.29, 0.717) is 16.5 Å². The number of rotatable bonds is 2.